The Morgan fingerprint density at radius 3 is 2.61 bits per heavy atom. The third kappa shape index (κ3) is 2.30. The molecule has 0 radical (unpaired) electrons. The molecule has 5 nitrogen and oxygen atoms in total. The summed E-state index contributed by atoms with van der Waals surface area (Å²) < 4.78 is 4.97. The summed E-state index contributed by atoms with van der Waals surface area (Å²) in [5.74, 6) is -1.40. The first kappa shape index (κ1) is 12.4. The number of carbonyl (C=O) groups excluding carboxylic acids is 1. The van der Waals surface area contributed by atoms with Crippen LogP contribution >= 0.6 is 0 Å². The van der Waals surface area contributed by atoms with E-state index in [1.54, 1.807) is 6.92 Å². The van der Waals surface area contributed by atoms with Gasteiger partial charge in [-0.1, -0.05) is 0 Å². The van der Waals surface area contributed by atoms with Crippen molar-refractivity contribution in [1.29, 1.82) is 0 Å². The molecule has 1 fully saturated rings. The Kier molecular flexibility index (Phi) is 3.50. The summed E-state index contributed by atoms with van der Waals surface area (Å²) in [7, 11) is 0. The number of carboxylic acid groups (broad SMARTS) is 1. The highest BCUT2D eigenvalue weighted by Crippen LogP contribution is 2.27. The molecule has 0 aliphatic carbocycles. The number of nitrogens with zero attached hydrogens (tertiary/aromatic N) is 1. The van der Waals surface area contributed by atoms with E-state index in [0.717, 1.165) is 19.5 Å². The molecule has 0 unspecified atom stereocenters. The fourth-order valence-corrected chi connectivity index (χ4v) is 1.86. The van der Waals surface area contributed by atoms with Gasteiger partial charge in [-0.2, -0.15) is 0 Å². The van der Waals surface area contributed by atoms with Crippen molar-refractivity contribution in [3.63, 3.8) is 0 Å². The first-order valence-electron chi connectivity index (χ1n) is 5.93. The summed E-state index contributed by atoms with van der Waals surface area (Å²) in [6.07, 6.45) is 1.06. The summed E-state index contributed by atoms with van der Waals surface area (Å²) in [4.78, 5) is 24.7. The van der Waals surface area contributed by atoms with Crippen LogP contribution < -0.4 is 4.90 Å². The second-order valence-corrected chi connectivity index (χ2v) is 4.10. The summed E-state index contributed by atoms with van der Waals surface area (Å²) in [5, 5.41) is 8.98. The monoisotopic (exact) mass is 249 g/mol. The number of esters is 1. The highest BCUT2D eigenvalue weighted by Gasteiger charge is 2.23. The quantitative estimate of drug-likeness (QED) is 0.824. The van der Waals surface area contributed by atoms with Crippen molar-refractivity contribution in [1.82, 2.24) is 0 Å². The zero-order valence-electron chi connectivity index (χ0n) is 10.2. The summed E-state index contributed by atoms with van der Waals surface area (Å²) in [6.45, 7) is 3.73. The van der Waals surface area contributed by atoms with Crippen LogP contribution in [0.5, 0.6) is 0 Å². The van der Waals surface area contributed by atoms with Crippen LogP contribution in [-0.2, 0) is 4.74 Å². The van der Waals surface area contributed by atoms with Crippen molar-refractivity contribution in [2.24, 2.45) is 0 Å². The van der Waals surface area contributed by atoms with Crippen LogP contribution in [0.4, 0.5) is 5.69 Å². The fourth-order valence-electron chi connectivity index (χ4n) is 1.86. The van der Waals surface area contributed by atoms with Crippen LogP contribution in [0, 0.1) is 0 Å². The van der Waals surface area contributed by atoms with Gasteiger partial charge in [0.2, 0.25) is 0 Å². The van der Waals surface area contributed by atoms with Gasteiger partial charge < -0.3 is 14.7 Å². The molecule has 2 rings (SSSR count). The average molecular weight is 249 g/mol. The lowest BCUT2D eigenvalue weighted by atomic mass is 10.0. The first-order valence-corrected chi connectivity index (χ1v) is 5.93. The van der Waals surface area contributed by atoms with Gasteiger partial charge in [-0.25, -0.2) is 9.59 Å². The lowest BCUT2D eigenvalue weighted by Crippen LogP contribution is -2.38. The number of ether oxygens (including phenoxy) is 1. The minimum Gasteiger partial charge on any atom is -0.478 e. The number of carboxylic acids is 1. The summed E-state index contributed by atoms with van der Waals surface area (Å²) in [5.41, 5.74) is 1.27. The lowest BCUT2D eigenvalue weighted by Gasteiger charge is -2.34. The van der Waals surface area contributed by atoms with Gasteiger partial charge in [-0.3, -0.25) is 0 Å². The normalized spacial score (nSPS) is 13.9. The van der Waals surface area contributed by atoms with Gasteiger partial charge in [0.25, 0.3) is 0 Å². The minimum absolute atomic E-state index is 0.185. The molecule has 1 aliphatic rings. The largest absolute Gasteiger partial charge is 0.478 e. The van der Waals surface area contributed by atoms with Crippen LogP contribution in [0.1, 0.15) is 34.1 Å². The standard InChI is InChI=1S/C13H15NO4/c1-2-18-13(17)10-5-4-9(12(15)16)8-11(10)14-6-3-7-14/h4-5,8H,2-3,6-7H2,1H3,(H,15,16). The topological polar surface area (TPSA) is 66.8 Å². The molecule has 0 bridgehead atoms. The van der Waals surface area contributed by atoms with Gasteiger partial charge >= 0.3 is 11.9 Å². The summed E-state index contributed by atoms with van der Waals surface area (Å²) >= 11 is 0. The van der Waals surface area contributed by atoms with Crippen molar-refractivity contribution in [3.8, 4) is 0 Å². The maximum Gasteiger partial charge on any atom is 0.340 e. The number of hydrogen-bond donors (Lipinski definition) is 1. The molecule has 1 heterocycles. The molecule has 1 N–H and O–H groups in total. The molecule has 5 heteroatoms. The SMILES string of the molecule is CCOC(=O)c1ccc(C(=O)O)cc1N1CCC1. The second-order valence-electron chi connectivity index (χ2n) is 4.10. The molecule has 0 aromatic heterocycles. The van der Waals surface area contributed by atoms with E-state index in [2.05, 4.69) is 0 Å². The van der Waals surface area contributed by atoms with E-state index in [1.165, 1.54) is 18.2 Å². The van der Waals surface area contributed by atoms with E-state index in [-0.39, 0.29) is 5.56 Å². The Labute approximate surface area is 105 Å². The first-order chi connectivity index (χ1) is 8.63. The predicted octanol–water partition coefficient (Wildman–Crippen LogP) is 1.77. The molecule has 1 aromatic carbocycles. The van der Waals surface area contributed by atoms with E-state index in [1.807, 2.05) is 4.90 Å². The summed E-state index contributed by atoms with van der Waals surface area (Å²) in [6, 6.07) is 4.49. The van der Waals surface area contributed by atoms with Crippen molar-refractivity contribution in [2.45, 2.75) is 13.3 Å². The van der Waals surface area contributed by atoms with E-state index in [9.17, 15) is 9.59 Å². The van der Waals surface area contributed by atoms with Crippen molar-refractivity contribution in [2.75, 3.05) is 24.6 Å². The Morgan fingerprint density at radius 2 is 2.11 bits per heavy atom. The Morgan fingerprint density at radius 1 is 1.39 bits per heavy atom. The molecule has 1 saturated heterocycles. The van der Waals surface area contributed by atoms with Crippen molar-refractivity contribution in [3.05, 3.63) is 29.3 Å². The van der Waals surface area contributed by atoms with E-state index < -0.39 is 11.9 Å². The van der Waals surface area contributed by atoms with Crippen molar-refractivity contribution >= 4 is 17.6 Å². The minimum atomic E-state index is -0.993. The smallest absolute Gasteiger partial charge is 0.340 e. The van der Waals surface area contributed by atoms with Crippen LogP contribution in [0.15, 0.2) is 18.2 Å². The zero-order valence-corrected chi connectivity index (χ0v) is 10.2. The highest BCUT2D eigenvalue weighted by molar-refractivity contribution is 5.99. The van der Waals surface area contributed by atoms with Crippen molar-refractivity contribution < 1.29 is 19.4 Å². The molecular weight excluding hydrogens is 234 g/mol. The van der Waals surface area contributed by atoms with Gasteiger partial charge in [0.15, 0.2) is 0 Å². The molecule has 0 spiro atoms. The predicted molar refractivity (Wildman–Crippen MR) is 66.2 cm³/mol. The average Bonchev–Trinajstić information content (AvgIpc) is 2.26. The Hall–Kier alpha value is -2.04. The number of benzene rings is 1. The fraction of sp³-hybridized carbons (Fsp3) is 0.385. The number of rotatable bonds is 4. The molecule has 0 saturated carbocycles. The zero-order chi connectivity index (χ0) is 13.1. The molecule has 0 amide bonds. The number of carbonyl (C=O) groups is 2. The van der Waals surface area contributed by atoms with Gasteiger partial charge in [-0.15, -0.1) is 0 Å². The lowest BCUT2D eigenvalue weighted by molar-refractivity contribution is 0.0525. The van der Waals surface area contributed by atoms with E-state index in [4.69, 9.17) is 9.84 Å². The third-order valence-electron chi connectivity index (χ3n) is 2.94. The highest BCUT2D eigenvalue weighted by atomic mass is 16.5. The van der Waals surface area contributed by atoms with Gasteiger partial charge in [0.1, 0.15) is 0 Å². The Bertz CT molecular complexity index is 480. The molecule has 1 aliphatic heterocycles. The number of anilines is 1. The van der Waals surface area contributed by atoms with E-state index in [0.29, 0.717) is 17.9 Å². The molecule has 0 atom stereocenters. The molecule has 96 valence electrons. The van der Waals surface area contributed by atoms with Crippen LogP contribution in [0.25, 0.3) is 0 Å². The molecule has 18 heavy (non-hydrogen) atoms. The maximum absolute atomic E-state index is 11.8. The third-order valence-corrected chi connectivity index (χ3v) is 2.94. The van der Waals surface area contributed by atoms with Crippen LogP contribution in [0.2, 0.25) is 0 Å². The maximum atomic E-state index is 11.8. The number of aromatic carboxylic acids is 1. The van der Waals surface area contributed by atoms with Gasteiger partial charge in [0.05, 0.1) is 23.4 Å². The van der Waals surface area contributed by atoms with Gasteiger partial charge in [0, 0.05) is 13.1 Å². The van der Waals surface area contributed by atoms with Gasteiger partial charge in [-0.05, 0) is 31.5 Å². The number of hydrogen-bond acceptors (Lipinski definition) is 4. The van der Waals surface area contributed by atoms with Crippen LogP contribution in [-0.4, -0.2) is 36.7 Å². The van der Waals surface area contributed by atoms with Crippen LogP contribution in [0.3, 0.4) is 0 Å². The molecule has 1 aromatic rings. The molecular formula is C13H15NO4. The van der Waals surface area contributed by atoms with E-state index >= 15 is 0 Å². The second kappa shape index (κ2) is 5.08. The Balaban J connectivity index is 2.38.